The van der Waals surface area contributed by atoms with E-state index in [9.17, 15) is 0 Å². The Kier molecular flexibility index (Phi) is 4.37. The van der Waals surface area contributed by atoms with Crippen LogP contribution in [-0.4, -0.2) is 24.8 Å². The first kappa shape index (κ1) is 14.6. The molecule has 0 unspecified atom stereocenters. The second-order valence-corrected chi connectivity index (χ2v) is 5.39. The Bertz CT molecular complexity index is 742. The summed E-state index contributed by atoms with van der Waals surface area (Å²) in [6.45, 7) is 6.86. The summed E-state index contributed by atoms with van der Waals surface area (Å²) < 4.78 is 4.11. The molecular weight excluding hydrogens is 276 g/mol. The maximum Gasteiger partial charge on any atom is 0.243 e. The first-order valence-electron chi connectivity index (χ1n) is 7.90. The lowest BCUT2D eigenvalue weighted by molar-refractivity contribution is 0.556. The number of tetrazole rings is 1. The summed E-state index contributed by atoms with van der Waals surface area (Å²) in [6.07, 6.45) is 4.41. The summed E-state index contributed by atoms with van der Waals surface area (Å²) in [7, 11) is 0. The summed E-state index contributed by atoms with van der Waals surface area (Å²) in [5.41, 5.74) is 2.54. The van der Waals surface area contributed by atoms with Crippen LogP contribution in [0, 0.1) is 0 Å². The van der Waals surface area contributed by atoms with Crippen LogP contribution in [-0.2, 0) is 19.6 Å². The Labute approximate surface area is 130 Å². The van der Waals surface area contributed by atoms with E-state index in [0.29, 0.717) is 0 Å². The number of nitrogens with zero attached hydrogens (tertiary/aromatic N) is 5. The molecule has 2 heterocycles. The molecule has 116 valence electrons. The van der Waals surface area contributed by atoms with Crippen LogP contribution in [0.3, 0.4) is 0 Å². The molecule has 0 aliphatic heterocycles. The zero-order valence-electron chi connectivity index (χ0n) is 13.2. The van der Waals surface area contributed by atoms with Gasteiger partial charge in [-0.2, -0.15) is 0 Å². The number of unbranched alkanes of at least 4 members (excludes halogenated alkanes) is 1. The molecule has 0 atom stereocenters. The van der Waals surface area contributed by atoms with Crippen molar-refractivity contribution in [1.82, 2.24) is 24.8 Å². The first-order chi connectivity index (χ1) is 10.8. The molecule has 0 fully saturated rings. The van der Waals surface area contributed by atoms with Crippen LogP contribution in [0.25, 0.3) is 10.9 Å². The average molecular weight is 298 g/mol. The van der Waals surface area contributed by atoms with Gasteiger partial charge in [-0.3, -0.25) is 0 Å². The third-order valence-electron chi connectivity index (χ3n) is 3.90. The SMILES string of the molecule is CCCCn1nnnc1NCc1cn(CC)c2ccccc12. The van der Waals surface area contributed by atoms with Gasteiger partial charge in [0.2, 0.25) is 5.95 Å². The molecule has 22 heavy (non-hydrogen) atoms. The number of anilines is 1. The fraction of sp³-hybridized carbons (Fsp3) is 0.438. The predicted octanol–water partition coefficient (Wildman–Crippen LogP) is 3.06. The zero-order chi connectivity index (χ0) is 15.4. The van der Waals surface area contributed by atoms with Crippen molar-refractivity contribution < 1.29 is 0 Å². The summed E-state index contributed by atoms with van der Waals surface area (Å²) in [5, 5.41) is 16.5. The molecule has 1 N–H and O–H groups in total. The van der Waals surface area contributed by atoms with Crippen molar-refractivity contribution in [3.8, 4) is 0 Å². The fourth-order valence-corrected chi connectivity index (χ4v) is 2.69. The van der Waals surface area contributed by atoms with Gasteiger partial charge in [0.15, 0.2) is 0 Å². The normalized spacial score (nSPS) is 11.2. The number of rotatable bonds is 7. The van der Waals surface area contributed by atoms with Gasteiger partial charge in [0, 0.05) is 36.7 Å². The molecule has 3 rings (SSSR count). The van der Waals surface area contributed by atoms with Gasteiger partial charge in [-0.15, -0.1) is 0 Å². The van der Waals surface area contributed by atoms with Gasteiger partial charge in [0.25, 0.3) is 0 Å². The van der Waals surface area contributed by atoms with E-state index in [0.717, 1.165) is 38.4 Å². The number of benzene rings is 1. The van der Waals surface area contributed by atoms with Gasteiger partial charge in [-0.25, -0.2) is 4.68 Å². The number of hydrogen-bond donors (Lipinski definition) is 1. The molecule has 0 spiro atoms. The largest absolute Gasteiger partial charge is 0.349 e. The van der Waals surface area contributed by atoms with Gasteiger partial charge in [-0.05, 0) is 35.4 Å². The van der Waals surface area contributed by atoms with Crippen LogP contribution in [0.4, 0.5) is 5.95 Å². The second-order valence-electron chi connectivity index (χ2n) is 5.39. The van der Waals surface area contributed by atoms with Gasteiger partial charge < -0.3 is 9.88 Å². The highest BCUT2D eigenvalue weighted by molar-refractivity contribution is 5.84. The Morgan fingerprint density at radius 2 is 2.05 bits per heavy atom. The highest BCUT2D eigenvalue weighted by Crippen LogP contribution is 2.22. The minimum absolute atomic E-state index is 0.722. The summed E-state index contributed by atoms with van der Waals surface area (Å²) in [4.78, 5) is 0. The Morgan fingerprint density at radius 3 is 2.86 bits per heavy atom. The van der Waals surface area contributed by atoms with Gasteiger partial charge in [0.05, 0.1) is 0 Å². The summed E-state index contributed by atoms with van der Waals surface area (Å²) >= 11 is 0. The Morgan fingerprint density at radius 1 is 1.18 bits per heavy atom. The van der Waals surface area contributed by atoms with Crippen molar-refractivity contribution >= 4 is 16.9 Å². The molecule has 0 amide bonds. The predicted molar refractivity (Wildman–Crippen MR) is 87.7 cm³/mol. The number of fused-ring (bicyclic) bond motifs is 1. The summed E-state index contributed by atoms with van der Waals surface area (Å²) in [6, 6.07) is 8.49. The van der Waals surface area contributed by atoms with Crippen LogP contribution >= 0.6 is 0 Å². The Balaban J connectivity index is 1.78. The van der Waals surface area contributed by atoms with E-state index in [2.05, 4.69) is 69.7 Å². The van der Waals surface area contributed by atoms with Crippen molar-refractivity contribution in [1.29, 1.82) is 0 Å². The van der Waals surface area contributed by atoms with Crippen LogP contribution in [0.2, 0.25) is 0 Å². The number of para-hydroxylation sites is 1. The van der Waals surface area contributed by atoms with Gasteiger partial charge in [0.1, 0.15) is 0 Å². The highest BCUT2D eigenvalue weighted by Gasteiger charge is 2.09. The summed E-state index contributed by atoms with van der Waals surface area (Å²) in [5.74, 6) is 0.738. The standard InChI is InChI=1S/C16H22N6/c1-3-5-10-22-16(18-19-20-22)17-11-13-12-21(4-2)15-9-7-6-8-14(13)15/h6-9,12H,3-5,10-11H2,1-2H3,(H,17,18,20). The van der Waals surface area contributed by atoms with Crippen LogP contribution < -0.4 is 5.32 Å². The molecule has 0 aliphatic carbocycles. The third kappa shape index (κ3) is 2.81. The van der Waals surface area contributed by atoms with Crippen molar-refractivity contribution in [2.45, 2.75) is 46.3 Å². The van der Waals surface area contributed by atoms with Crippen molar-refractivity contribution in [2.24, 2.45) is 0 Å². The molecule has 0 aliphatic rings. The molecule has 6 nitrogen and oxygen atoms in total. The molecular formula is C16H22N6. The van der Waals surface area contributed by atoms with E-state index in [1.54, 1.807) is 0 Å². The minimum Gasteiger partial charge on any atom is -0.349 e. The molecule has 6 heteroatoms. The minimum atomic E-state index is 0.722. The zero-order valence-corrected chi connectivity index (χ0v) is 13.2. The maximum absolute atomic E-state index is 4.08. The molecule has 0 radical (unpaired) electrons. The maximum atomic E-state index is 4.08. The van der Waals surface area contributed by atoms with Crippen molar-refractivity contribution in [3.05, 3.63) is 36.0 Å². The number of aryl methyl sites for hydroxylation is 2. The van der Waals surface area contributed by atoms with E-state index in [4.69, 9.17) is 0 Å². The van der Waals surface area contributed by atoms with E-state index < -0.39 is 0 Å². The van der Waals surface area contributed by atoms with E-state index in [-0.39, 0.29) is 0 Å². The lowest BCUT2D eigenvalue weighted by Gasteiger charge is -2.06. The number of nitrogens with one attached hydrogen (secondary N) is 1. The fourth-order valence-electron chi connectivity index (χ4n) is 2.69. The first-order valence-corrected chi connectivity index (χ1v) is 7.90. The van der Waals surface area contributed by atoms with Crippen LogP contribution in [0.5, 0.6) is 0 Å². The van der Waals surface area contributed by atoms with Crippen molar-refractivity contribution in [2.75, 3.05) is 5.32 Å². The smallest absolute Gasteiger partial charge is 0.243 e. The lowest BCUT2D eigenvalue weighted by Crippen LogP contribution is -2.09. The Hall–Kier alpha value is -2.37. The number of aromatic nitrogens is 5. The average Bonchev–Trinajstić information content (AvgIpc) is 3.15. The third-order valence-corrected chi connectivity index (χ3v) is 3.90. The molecule has 0 saturated carbocycles. The van der Waals surface area contributed by atoms with E-state index in [1.165, 1.54) is 16.5 Å². The molecule has 0 saturated heterocycles. The van der Waals surface area contributed by atoms with Crippen molar-refractivity contribution in [3.63, 3.8) is 0 Å². The monoisotopic (exact) mass is 298 g/mol. The second kappa shape index (κ2) is 6.60. The molecule has 2 aromatic heterocycles. The molecule has 0 bridgehead atoms. The quantitative estimate of drug-likeness (QED) is 0.728. The van der Waals surface area contributed by atoms with Gasteiger partial charge >= 0.3 is 0 Å². The topological polar surface area (TPSA) is 60.6 Å². The van der Waals surface area contributed by atoms with Crippen LogP contribution in [0.15, 0.2) is 30.5 Å². The molecule has 3 aromatic rings. The van der Waals surface area contributed by atoms with E-state index in [1.807, 2.05) is 4.68 Å². The number of hydrogen-bond acceptors (Lipinski definition) is 4. The molecule has 1 aromatic carbocycles. The highest BCUT2D eigenvalue weighted by atomic mass is 15.6. The van der Waals surface area contributed by atoms with Gasteiger partial charge in [-0.1, -0.05) is 36.6 Å². The lowest BCUT2D eigenvalue weighted by atomic mass is 10.2. The van der Waals surface area contributed by atoms with Crippen LogP contribution in [0.1, 0.15) is 32.3 Å². The van der Waals surface area contributed by atoms with E-state index >= 15 is 0 Å².